The second-order valence-electron chi connectivity index (χ2n) is 6.95. The van der Waals surface area contributed by atoms with Crippen LogP contribution in [0.5, 0.6) is 0 Å². The predicted molar refractivity (Wildman–Crippen MR) is 124 cm³/mol. The Morgan fingerprint density at radius 2 is 2.09 bits per heavy atom. The van der Waals surface area contributed by atoms with Crippen LogP contribution in [0.1, 0.15) is 4.88 Å². The van der Waals surface area contributed by atoms with Crippen LogP contribution in [0.3, 0.4) is 0 Å². The summed E-state index contributed by atoms with van der Waals surface area (Å²) in [7, 11) is -2.93. The lowest BCUT2D eigenvalue weighted by Gasteiger charge is -2.23. The third kappa shape index (κ3) is 4.83. The van der Waals surface area contributed by atoms with Gasteiger partial charge < -0.3 is 10.4 Å². The summed E-state index contributed by atoms with van der Waals surface area (Å²) in [5.41, 5.74) is 1.73. The lowest BCUT2D eigenvalue weighted by atomic mass is 10.1. The molecule has 0 atom stereocenters. The van der Waals surface area contributed by atoms with E-state index in [1.54, 1.807) is 23.1 Å². The van der Waals surface area contributed by atoms with Crippen molar-refractivity contribution in [1.82, 2.24) is 14.1 Å². The molecule has 0 spiro atoms. The summed E-state index contributed by atoms with van der Waals surface area (Å²) in [6.07, 6.45) is 4.77. The van der Waals surface area contributed by atoms with Crippen LogP contribution >= 0.6 is 22.9 Å². The second-order valence-corrected chi connectivity index (χ2v) is 9.89. The highest BCUT2D eigenvalue weighted by Crippen LogP contribution is 2.29. The van der Waals surface area contributed by atoms with Gasteiger partial charge >= 0.3 is 10.2 Å². The summed E-state index contributed by atoms with van der Waals surface area (Å²) in [6, 6.07) is 5.38. The molecule has 1 aromatic carbocycles. The fraction of sp³-hybridized carbons (Fsp3) is 0.150. The molecule has 172 valence electrons. The zero-order valence-electron chi connectivity index (χ0n) is 17.1. The van der Waals surface area contributed by atoms with Crippen molar-refractivity contribution in [2.24, 2.45) is 4.40 Å². The number of hydrogen-bond acceptors (Lipinski definition) is 6. The van der Waals surface area contributed by atoms with Gasteiger partial charge in [0.05, 0.1) is 35.0 Å². The molecule has 1 amide bonds. The molecule has 0 saturated carbocycles. The molecule has 2 aromatic heterocycles. The van der Waals surface area contributed by atoms with Crippen molar-refractivity contribution in [3.8, 4) is 11.1 Å². The average molecular weight is 510 g/mol. The monoisotopic (exact) mass is 509 g/mol. The van der Waals surface area contributed by atoms with E-state index < -0.39 is 21.9 Å². The molecule has 13 heteroatoms. The maximum absolute atomic E-state index is 13.4. The first-order valence-corrected chi connectivity index (χ1v) is 12.1. The number of halogens is 2. The largest absolute Gasteiger partial charge is 0.394 e. The molecule has 0 bridgehead atoms. The molecular formula is C20H17ClFN5O4S2. The van der Waals surface area contributed by atoms with E-state index in [2.05, 4.69) is 14.8 Å². The number of aromatic nitrogens is 2. The van der Waals surface area contributed by atoms with E-state index in [-0.39, 0.29) is 28.7 Å². The molecule has 33 heavy (non-hydrogen) atoms. The van der Waals surface area contributed by atoms with Crippen LogP contribution in [0, 0.1) is 5.82 Å². The molecule has 0 unspecified atom stereocenters. The fourth-order valence-electron chi connectivity index (χ4n) is 3.01. The van der Waals surface area contributed by atoms with E-state index in [9.17, 15) is 17.6 Å². The van der Waals surface area contributed by atoms with Gasteiger partial charge in [-0.2, -0.15) is 13.5 Å². The summed E-state index contributed by atoms with van der Waals surface area (Å²) in [5.74, 6) is -1.37. The number of aliphatic hydroxyl groups excluding tert-OH is 1. The molecule has 4 rings (SSSR count). The van der Waals surface area contributed by atoms with E-state index in [4.69, 9.17) is 16.7 Å². The molecule has 0 radical (unpaired) electrons. The maximum Gasteiger partial charge on any atom is 0.345 e. The van der Waals surface area contributed by atoms with Gasteiger partial charge in [-0.1, -0.05) is 11.6 Å². The third-order valence-electron chi connectivity index (χ3n) is 4.73. The predicted octanol–water partition coefficient (Wildman–Crippen LogP) is 2.90. The van der Waals surface area contributed by atoms with Crippen molar-refractivity contribution in [3.63, 3.8) is 0 Å². The average Bonchev–Trinajstić information content (AvgIpc) is 3.42. The second kappa shape index (κ2) is 9.06. The molecule has 1 aliphatic rings. The van der Waals surface area contributed by atoms with Gasteiger partial charge in [-0.05, 0) is 41.3 Å². The van der Waals surface area contributed by atoms with E-state index in [1.807, 2.05) is 5.38 Å². The third-order valence-corrected chi connectivity index (χ3v) is 7.29. The summed E-state index contributed by atoms with van der Waals surface area (Å²) in [6.45, 7) is 0.312. The Balaban J connectivity index is 1.63. The number of nitrogens with zero attached hydrogens (tertiary/aromatic N) is 4. The van der Waals surface area contributed by atoms with Crippen molar-refractivity contribution < 1.29 is 22.7 Å². The Morgan fingerprint density at radius 1 is 1.30 bits per heavy atom. The first-order valence-electron chi connectivity index (χ1n) is 9.47. The molecule has 2 N–H and O–H groups in total. The summed E-state index contributed by atoms with van der Waals surface area (Å²) in [4.78, 5) is 13.4. The standard InChI is InChI=1S/C20H17ClFN5O4S2/c1-26-18(20(29)24-14-2-3-16(22)15(21)7-14)8-17(25-33(26,30)31)19-6-12(11-32-19)13-9-23-27(10-13)4-5-28/h2-3,6-11,28H,4-5H2,1H3,(H,24,29). The van der Waals surface area contributed by atoms with Crippen molar-refractivity contribution >= 4 is 50.5 Å². The van der Waals surface area contributed by atoms with Crippen LogP contribution in [0.25, 0.3) is 11.1 Å². The molecule has 9 nitrogen and oxygen atoms in total. The van der Waals surface area contributed by atoms with Crippen LogP contribution in [0.15, 0.2) is 58.2 Å². The Morgan fingerprint density at radius 3 is 2.82 bits per heavy atom. The van der Waals surface area contributed by atoms with Crippen LogP contribution in [0.2, 0.25) is 5.02 Å². The lowest BCUT2D eigenvalue weighted by Crippen LogP contribution is -2.35. The van der Waals surface area contributed by atoms with E-state index in [0.717, 1.165) is 21.5 Å². The lowest BCUT2D eigenvalue weighted by molar-refractivity contribution is -0.113. The number of hydrogen-bond donors (Lipinski definition) is 2. The first kappa shape index (κ1) is 23.1. The van der Waals surface area contributed by atoms with Crippen LogP contribution in [0.4, 0.5) is 10.1 Å². The highest BCUT2D eigenvalue weighted by atomic mass is 35.5. The summed E-state index contributed by atoms with van der Waals surface area (Å²) < 4.78 is 44.8. The quantitative estimate of drug-likeness (QED) is 0.530. The number of amides is 1. The zero-order valence-corrected chi connectivity index (χ0v) is 19.5. The van der Waals surface area contributed by atoms with Gasteiger partial charge in [0, 0.05) is 24.5 Å². The van der Waals surface area contributed by atoms with Gasteiger partial charge in [-0.25, -0.2) is 8.70 Å². The minimum Gasteiger partial charge on any atom is -0.394 e. The number of allylic oxidation sites excluding steroid dienone is 1. The van der Waals surface area contributed by atoms with Gasteiger partial charge in [-0.15, -0.1) is 15.7 Å². The SMILES string of the molecule is CN1C(C(=O)Nc2ccc(F)c(Cl)c2)=CC(c2cc(-c3cnn(CCO)c3)cs2)=NS1(=O)=O. The zero-order chi connectivity index (χ0) is 23.8. The fourth-order valence-corrected chi connectivity index (χ4v) is 5.03. The highest BCUT2D eigenvalue weighted by molar-refractivity contribution is 7.88. The molecular weight excluding hydrogens is 493 g/mol. The normalized spacial score (nSPS) is 15.2. The smallest absolute Gasteiger partial charge is 0.345 e. The Kier molecular flexibility index (Phi) is 6.34. The van der Waals surface area contributed by atoms with Crippen molar-refractivity contribution in [3.05, 3.63) is 69.5 Å². The topological polar surface area (TPSA) is 117 Å². The number of rotatable bonds is 6. The van der Waals surface area contributed by atoms with Gasteiger partial charge in [-0.3, -0.25) is 9.48 Å². The van der Waals surface area contributed by atoms with E-state index >= 15 is 0 Å². The van der Waals surface area contributed by atoms with E-state index in [1.165, 1.54) is 36.6 Å². The summed E-state index contributed by atoms with van der Waals surface area (Å²) >= 11 is 7.01. The number of nitrogens with one attached hydrogen (secondary N) is 1. The summed E-state index contributed by atoms with van der Waals surface area (Å²) in [5, 5.41) is 17.3. The van der Waals surface area contributed by atoms with Crippen LogP contribution in [-0.2, 0) is 21.5 Å². The van der Waals surface area contributed by atoms with Crippen molar-refractivity contribution in [1.29, 1.82) is 0 Å². The van der Waals surface area contributed by atoms with Crippen LogP contribution < -0.4 is 5.32 Å². The van der Waals surface area contributed by atoms with E-state index in [0.29, 0.717) is 11.4 Å². The number of carbonyl (C=O) groups is 1. The highest BCUT2D eigenvalue weighted by Gasteiger charge is 2.30. The minimum atomic E-state index is -4.15. The maximum atomic E-state index is 13.4. The van der Waals surface area contributed by atoms with Gasteiger partial charge in [0.25, 0.3) is 5.91 Å². The molecule has 0 aliphatic carbocycles. The van der Waals surface area contributed by atoms with Crippen LogP contribution in [-0.4, -0.2) is 52.9 Å². The molecule has 0 saturated heterocycles. The number of benzene rings is 1. The molecule has 0 fully saturated rings. The minimum absolute atomic E-state index is 0.0437. The number of aliphatic hydroxyl groups is 1. The number of anilines is 1. The molecule has 1 aliphatic heterocycles. The Labute approximate surface area is 197 Å². The number of thiophene rings is 1. The molecule has 3 aromatic rings. The number of likely N-dealkylation sites (N-methyl/N-ethyl adjacent to an activating group) is 1. The van der Waals surface area contributed by atoms with Crippen molar-refractivity contribution in [2.45, 2.75) is 6.54 Å². The van der Waals surface area contributed by atoms with Crippen molar-refractivity contribution in [2.75, 3.05) is 19.0 Å². The number of carbonyl (C=O) groups excluding carboxylic acids is 1. The van der Waals surface area contributed by atoms with Gasteiger partial charge in [0.15, 0.2) is 0 Å². The van der Waals surface area contributed by atoms with Gasteiger partial charge in [0.1, 0.15) is 11.5 Å². The molecule has 3 heterocycles. The first-order chi connectivity index (χ1) is 15.7. The Hall–Kier alpha value is -3.06. The Bertz CT molecular complexity index is 1400. The van der Waals surface area contributed by atoms with Gasteiger partial charge in [0.2, 0.25) is 0 Å².